The van der Waals surface area contributed by atoms with Crippen molar-refractivity contribution in [3.8, 4) is 0 Å². The smallest absolute Gasteiger partial charge is 0.379 e. The number of sulfonamides is 1. The summed E-state index contributed by atoms with van der Waals surface area (Å²) in [5.41, 5.74) is -0.0792. The minimum Gasteiger partial charge on any atom is -0.379 e. The van der Waals surface area contributed by atoms with Gasteiger partial charge in [0.1, 0.15) is 22.9 Å². The monoisotopic (exact) mass is 654 g/mol. The molecule has 9 nitrogen and oxygen atoms in total. The molecule has 2 N–H and O–H groups in total. The summed E-state index contributed by atoms with van der Waals surface area (Å²) >= 11 is 6.46. The average Bonchev–Trinajstić information content (AvgIpc) is 2.96. The summed E-state index contributed by atoms with van der Waals surface area (Å²) in [7, 11) is -0.802. The summed E-state index contributed by atoms with van der Waals surface area (Å²) in [4.78, 5) is 23.8. The molecule has 1 aliphatic heterocycles. The van der Waals surface area contributed by atoms with Crippen molar-refractivity contribution in [1.29, 1.82) is 0 Å². The van der Waals surface area contributed by atoms with Gasteiger partial charge in [-0.3, -0.25) is 9.52 Å². The Hall–Kier alpha value is -3.49. The number of nitrogens with one attached hydrogen (secondary N) is 2. The lowest BCUT2D eigenvalue weighted by Gasteiger charge is -2.45. The van der Waals surface area contributed by atoms with Gasteiger partial charge >= 0.3 is 6.18 Å². The number of halogens is 5. The van der Waals surface area contributed by atoms with Crippen LogP contribution in [0.5, 0.6) is 0 Å². The Bertz CT molecular complexity index is 1620. The summed E-state index contributed by atoms with van der Waals surface area (Å²) in [6.07, 6.45) is -0.733. The number of likely N-dealkylation sites (N-methyl/N-ethyl adjacent to an activating group) is 1. The van der Waals surface area contributed by atoms with E-state index in [2.05, 4.69) is 20.0 Å². The lowest BCUT2D eigenvalue weighted by atomic mass is 9.77. The molecule has 0 bridgehead atoms. The molecule has 1 saturated heterocycles. The van der Waals surface area contributed by atoms with Crippen LogP contribution in [0.2, 0.25) is 5.02 Å². The van der Waals surface area contributed by atoms with Crippen LogP contribution in [0.25, 0.3) is 0 Å². The fourth-order valence-electron chi connectivity index (χ4n) is 5.91. The molecule has 3 aromatic rings. The lowest BCUT2D eigenvalue weighted by molar-refractivity contribution is -0.142. The van der Waals surface area contributed by atoms with E-state index in [0.29, 0.717) is 37.9 Å². The molecule has 15 heteroatoms. The van der Waals surface area contributed by atoms with E-state index in [1.54, 1.807) is 18.0 Å². The molecule has 2 fully saturated rings. The van der Waals surface area contributed by atoms with Crippen LogP contribution in [0.15, 0.2) is 59.9 Å². The molecule has 1 saturated carbocycles. The summed E-state index contributed by atoms with van der Waals surface area (Å²) in [6.45, 7) is 1.20. The van der Waals surface area contributed by atoms with Crippen LogP contribution >= 0.6 is 11.6 Å². The number of hydrogen-bond donors (Lipinski definition) is 2. The molecule has 236 valence electrons. The van der Waals surface area contributed by atoms with Gasteiger partial charge in [0.25, 0.3) is 10.0 Å². The van der Waals surface area contributed by atoms with Crippen LogP contribution in [-0.2, 0) is 21.0 Å². The summed E-state index contributed by atoms with van der Waals surface area (Å²) < 4.78 is 83.5. The first-order valence-electron chi connectivity index (χ1n) is 13.9. The van der Waals surface area contributed by atoms with Gasteiger partial charge in [0.05, 0.1) is 28.2 Å². The first-order valence-corrected chi connectivity index (χ1v) is 15.8. The first-order chi connectivity index (χ1) is 20.7. The van der Waals surface area contributed by atoms with Crippen molar-refractivity contribution in [3.63, 3.8) is 0 Å². The minimum atomic E-state index is -4.48. The summed E-state index contributed by atoms with van der Waals surface area (Å²) in [5.74, 6) is -1.66. The van der Waals surface area contributed by atoms with E-state index in [1.807, 2.05) is 11.9 Å². The van der Waals surface area contributed by atoms with E-state index in [1.165, 1.54) is 18.3 Å². The van der Waals surface area contributed by atoms with E-state index in [4.69, 9.17) is 11.6 Å². The van der Waals surface area contributed by atoms with Gasteiger partial charge in [-0.15, -0.1) is 0 Å². The molecule has 1 aliphatic carbocycles. The van der Waals surface area contributed by atoms with Crippen LogP contribution in [0.4, 0.5) is 29.1 Å². The summed E-state index contributed by atoms with van der Waals surface area (Å²) in [6, 6.07) is 7.59. The number of likely N-dealkylation sites (tertiary alicyclic amines) is 1. The molecule has 0 spiro atoms. The standard InChI is InChI=1S/C29H31ClF4N6O3S/c1-39-14-19(15-39)28(41)40(2)25-11-18(17-4-3-5-20(10-17)29(32,33)34)6-7-23(25)37-24-13-22(31)26(12-21(24)30)44(42,43)38-27-8-9-35-16-36-27/h3-5,8-10,12-13,16,18-19,23,25,37H,6-7,11,14-15H2,1-2H3,(H,35,36,38)/t18-,23-,25-/m0/s1. The van der Waals surface area contributed by atoms with E-state index in [9.17, 15) is 26.4 Å². The van der Waals surface area contributed by atoms with Gasteiger partial charge in [0, 0.05) is 32.4 Å². The van der Waals surface area contributed by atoms with Gasteiger partial charge in [0.2, 0.25) is 5.91 Å². The minimum absolute atomic E-state index is 0.0524. The van der Waals surface area contributed by atoms with Crippen LogP contribution in [0, 0.1) is 11.7 Å². The van der Waals surface area contributed by atoms with Gasteiger partial charge in [-0.25, -0.2) is 22.8 Å². The Morgan fingerprint density at radius 1 is 1.14 bits per heavy atom. The third-order valence-electron chi connectivity index (χ3n) is 8.23. The predicted molar refractivity (Wildman–Crippen MR) is 157 cm³/mol. The van der Waals surface area contributed by atoms with Crippen LogP contribution < -0.4 is 10.0 Å². The number of benzene rings is 2. The average molecular weight is 655 g/mol. The van der Waals surface area contributed by atoms with Crippen molar-refractivity contribution in [3.05, 3.63) is 77.0 Å². The molecular weight excluding hydrogens is 624 g/mol. The SMILES string of the molecule is CN1CC(C(=O)N(C)[C@H]2C[C@@H](c3cccc(C(F)(F)F)c3)CC[C@@H]2Nc2cc(F)c(S(=O)(=O)Nc3ccncn3)cc2Cl)C1. The molecule has 1 aromatic heterocycles. The highest BCUT2D eigenvalue weighted by Crippen LogP contribution is 2.40. The second-order valence-electron chi connectivity index (χ2n) is 11.3. The van der Waals surface area contributed by atoms with E-state index < -0.39 is 44.6 Å². The zero-order valence-electron chi connectivity index (χ0n) is 23.9. The van der Waals surface area contributed by atoms with Crippen molar-refractivity contribution in [1.82, 2.24) is 19.8 Å². The van der Waals surface area contributed by atoms with Crippen LogP contribution in [0.1, 0.15) is 36.3 Å². The molecule has 2 aromatic carbocycles. The number of amides is 1. The maximum absolute atomic E-state index is 15.3. The maximum Gasteiger partial charge on any atom is 0.416 e. The first kappa shape index (κ1) is 31.9. The number of carbonyl (C=O) groups excluding carboxylic acids is 1. The quantitative estimate of drug-likeness (QED) is 0.321. The highest BCUT2D eigenvalue weighted by Gasteiger charge is 2.41. The lowest BCUT2D eigenvalue weighted by Crippen LogP contribution is -2.57. The Labute approximate surface area is 257 Å². The molecule has 5 rings (SSSR count). The van der Waals surface area contributed by atoms with Gasteiger partial charge in [-0.1, -0.05) is 29.8 Å². The number of anilines is 2. The van der Waals surface area contributed by atoms with Gasteiger partial charge in [-0.2, -0.15) is 13.2 Å². The number of carbonyl (C=O) groups is 1. The van der Waals surface area contributed by atoms with Crippen molar-refractivity contribution in [2.75, 3.05) is 37.2 Å². The molecule has 0 unspecified atom stereocenters. The van der Waals surface area contributed by atoms with E-state index >= 15 is 4.39 Å². The normalized spacial score (nSPS) is 21.4. The fourth-order valence-corrected chi connectivity index (χ4v) is 7.29. The van der Waals surface area contributed by atoms with Gasteiger partial charge in [-0.05, 0) is 62.1 Å². The van der Waals surface area contributed by atoms with Crippen molar-refractivity contribution >= 4 is 39.0 Å². The molecule has 1 amide bonds. The van der Waals surface area contributed by atoms with E-state index in [-0.39, 0.29) is 34.3 Å². The third kappa shape index (κ3) is 6.92. The molecule has 2 heterocycles. The van der Waals surface area contributed by atoms with Gasteiger partial charge in [0.15, 0.2) is 0 Å². The van der Waals surface area contributed by atoms with Crippen molar-refractivity contribution in [2.24, 2.45) is 5.92 Å². The number of aromatic nitrogens is 2. The highest BCUT2D eigenvalue weighted by molar-refractivity contribution is 7.92. The molecule has 44 heavy (non-hydrogen) atoms. The second-order valence-corrected chi connectivity index (χ2v) is 13.3. The third-order valence-corrected chi connectivity index (χ3v) is 9.92. The second kappa shape index (κ2) is 12.5. The Kier molecular flexibility index (Phi) is 9.06. The number of alkyl halides is 3. The molecular formula is C29H31ClF4N6O3S. The van der Waals surface area contributed by atoms with E-state index in [0.717, 1.165) is 30.6 Å². The largest absolute Gasteiger partial charge is 0.416 e. The van der Waals surface area contributed by atoms with Gasteiger partial charge < -0.3 is 15.1 Å². The topological polar surface area (TPSA) is 108 Å². The van der Waals surface area contributed by atoms with Crippen molar-refractivity contribution in [2.45, 2.75) is 48.3 Å². The molecule has 2 aliphatic rings. The Balaban J connectivity index is 1.40. The number of nitrogens with zero attached hydrogens (tertiary/aromatic N) is 4. The Morgan fingerprint density at radius 3 is 2.55 bits per heavy atom. The number of hydrogen-bond acceptors (Lipinski definition) is 7. The number of rotatable bonds is 8. The zero-order valence-corrected chi connectivity index (χ0v) is 25.4. The Morgan fingerprint density at radius 2 is 1.89 bits per heavy atom. The summed E-state index contributed by atoms with van der Waals surface area (Å²) in [5, 5.41) is 3.14. The van der Waals surface area contributed by atoms with Crippen LogP contribution in [-0.4, -0.2) is 73.4 Å². The molecule has 0 radical (unpaired) electrons. The molecule has 3 atom stereocenters. The van der Waals surface area contributed by atoms with Crippen LogP contribution in [0.3, 0.4) is 0 Å². The zero-order chi connectivity index (χ0) is 31.8. The fraction of sp³-hybridized carbons (Fsp3) is 0.414. The highest BCUT2D eigenvalue weighted by atomic mass is 35.5. The maximum atomic E-state index is 15.3. The van der Waals surface area contributed by atoms with Crippen molar-refractivity contribution < 1.29 is 30.8 Å². The predicted octanol–water partition coefficient (Wildman–Crippen LogP) is 5.23.